The third kappa shape index (κ3) is 2.46. The fraction of sp³-hybridized carbons (Fsp3) is 0.571. The van der Waals surface area contributed by atoms with E-state index in [9.17, 15) is 9.59 Å². The molecular weight excluding hydrogens is 292 g/mol. The molecule has 2 amide bonds. The normalized spacial score (nSPS) is 28.8. The molecule has 3 rings (SSSR count). The molecule has 0 spiro atoms. The summed E-state index contributed by atoms with van der Waals surface area (Å²) in [5.41, 5.74) is 0. The molecule has 3 heterocycles. The van der Waals surface area contributed by atoms with Gasteiger partial charge in [0.2, 0.25) is 11.8 Å². The lowest BCUT2D eigenvalue weighted by molar-refractivity contribution is -0.137. The van der Waals surface area contributed by atoms with Crippen molar-refractivity contribution < 1.29 is 9.59 Å². The minimum atomic E-state index is -0.289. The summed E-state index contributed by atoms with van der Waals surface area (Å²) in [7, 11) is 0. The number of thiophene rings is 1. The summed E-state index contributed by atoms with van der Waals surface area (Å²) in [5.74, 6) is 0.830. The van der Waals surface area contributed by atoms with Crippen LogP contribution < -0.4 is 5.32 Å². The Labute approximate surface area is 126 Å². The Kier molecular flexibility index (Phi) is 3.77. The van der Waals surface area contributed by atoms with Crippen molar-refractivity contribution in [3.8, 4) is 0 Å². The highest BCUT2D eigenvalue weighted by molar-refractivity contribution is 8.01. The molecule has 2 aliphatic rings. The van der Waals surface area contributed by atoms with E-state index in [0.717, 1.165) is 12.8 Å². The van der Waals surface area contributed by atoms with Crippen LogP contribution in [0.25, 0.3) is 0 Å². The van der Waals surface area contributed by atoms with Crippen molar-refractivity contribution in [1.82, 2.24) is 10.2 Å². The van der Waals surface area contributed by atoms with Crippen LogP contribution in [0.4, 0.5) is 0 Å². The number of carbonyl (C=O) groups excluding carboxylic acids is 2. The van der Waals surface area contributed by atoms with Crippen molar-refractivity contribution in [2.24, 2.45) is 0 Å². The third-order valence-corrected chi connectivity index (χ3v) is 6.44. The maximum absolute atomic E-state index is 12.3. The molecule has 2 atom stereocenters. The van der Waals surface area contributed by atoms with E-state index in [2.05, 4.69) is 18.3 Å². The second-order valence-electron chi connectivity index (χ2n) is 5.39. The maximum Gasteiger partial charge on any atom is 0.243 e. The van der Waals surface area contributed by atoms with Gasteiger partial charge in [0.15, 0.2) is 0 Å². The van der Waals surface area contributed by atoms with Crippen molar-refractivity contribution in [3.63, 3.8) is 0 Å². The zero-order valence-electron chi connectivity index (χ0n) is 11.4. The van der Waals surface area contributed by atoms with Crippen LogP contribution in [0.2, 0.25) is 0 Å². The quantitative estimate of drug-likeness (QED) is 0.923. The van der Waals surface area contributed by atoms with Crippen molar-refractivity contribution in [2.75, 3.05) is 12.3 Å². The van der Waals surface area contributed by atoms with E-state index in [1.807, 2.05) is 11.4 Å². The van der Waals surface area contributed by atoms with Gasteiger partial charge in [0.1, 0.15) is 6.04 Å². The molecule has 108 valence electrons. The zero-order valence-corrected chi connectivity index (χ0v) is 13.1. The summed E-state index contributed by atoms with van der Waals surface area (Å²) >= 11 is 3.44. The van der Waals surface area contributed by atoms with Crippen molar-refractivity contribution in [1.29, 1.82) is 0 Å². The molecule has 0 saturated carbocycles. The average molecular weight is 310 g/mol. The number of thioether (sulfide) groups is 1. The highest BCUT2D eigenvalue weighted by Crippen LogP contribution is 2.47. The van der Waals surface area contributed by atoms with Gasteiger partial charge in [-0.2, -0.15) is 0 Å². The van der Waals surface area contributed by atoms with Crippen LogP contribution in [0.3, 0.4) is 0 Å². The molecule has 1 aromatic heterocycles. The number of nitrogens with zero attached hydrogens (tertiary/aromatic N) is 1. The van der Waals surface area contributed by atoms with Gasteiger partial charge in [-0.15, -0.1) is 23.1 Å². The van der Waals surface area contributed by atoms with E-state index >= 15 is 0 Å². The molecule has 4 nitrogen and oxygen atoms in total. The Morgan fingerprint density at radius 2 is 2.45 bits per heavy atom. The Balaban J connectivity index is 1.56. The first kappa shape index (κ1) is 13.9. The van der Waals surface area contributed by atoms with E-state index in [0.29, 0.717) is 18.7 Å². The number of amides is 2. The number of hydrogen-bond donors (Lipinski definition) is 1. The van der Waals surface area contributed by atoms with Crippen molar-refractivity contribution in [2.45, 2.75) is 37.1 Å². The summed E-state index contributed by atoms with van der Waals surface area (Å²) in [5, 5.41) is 5.01. The molecule has 2 unspecified atom stereocenters. The zero-order chi connectivity index (χ0) is 14.2. The van der Waals surface area contributed by atoms with Gasteiger partial charge in [-0.1, -0.05) is 6.07 Å². The molecule has 0 aliphatic carbocycles. The van der Waals surface area contributed by atoms with E-state index in [4.69, 9.17) is 0 Å². The number of hydrogen-bond acceptors (Lipinski definition) is 4. The summed E-state index contributed by atoms with van der Waals surface area (Å²) in [6.07, 6.45) is 2.28. The predicted molar refractivity (Wildman–Crippen MR) is 81.8 cm³/mol. The minimum absolute atomic E-state index is 0.00645. The summed E-state index contributed by atoms with van der Waals surface area (Å²) < 4.78 is 0. The molecule has 0 bridgehead atoms. The number of nitrogens with one attached hydrogen (secondary N) is 1. The fourth-order valence-electron chi connectivity index (χ4n) is 2.90. The summed E-state index contributed by atoms with van der Waals surface area (Å²) in [6.45, 7) is 2.71. The van der Waals surface area contributed by atoms with Gasteiger partial charge in [0.25, 0.3) is 0 Å². The van der Waals surface area contributed by atoms with Gasteiger partial charge < -0.3 is 10.2 Å². The lowest BCUT2D eigenvalue weighted by Gasteiger charge is -2.29. The van der Waals surface area contributed by atoms with Crippen LogP contribution in [0.15, 0.2) is 17.5 Å². The SMILES string of the molecule is CC12CCC(=O)N1C(C(=O)NCCc1cccs1)CS2. The van der Waals surface area contributed by atoms with Gasteiger partial charge in [-0.3, -0.25) is 9.59 Å². The smallest absolute Gasteiger partial charge is 0.243 e. The minimum Gasteiger partial charge on any atom is -0.354 e. The van der Waals surface area contributed by atoms with Gasteiger partial charge in [0, 0.05) is 23.6 Å². The maximum atomic E-state index is 12.3. The first-order chi connectivity index (χ1) is 9.60. The first-order valence-corrected chi connectivity index (χ1v) is 8.73. The van der Waals surface area contributed by atoms with Gasteiger partial charge in [-0.05, 0) is 31.2 Å². The molecule has 2 aliphatic heterocycles. The molecule has 1 aromatic rings. The molecule has 6 heteroatoms. The van der Waals surface area contributed by atoms with Gasteiger partial charge in [0.05, 0.1) is 4.87 Å². The van der Waals surface area contributed by atoms with Crippen molar-refractivity contribution in [3.05, 3.63) is 22.4 Å². The van der Waals surface area contributed by atoms with Crippen LogP contribution in [-0.4, -0.2) is 39.9 Å². The Hall–Kier alpha value is -1.01. The monoisotopic (exact) mass is 310 g/mol. The van der Waals surface area contributed by atoms with Crippen LogP contribution in [0, 0.1) is 0 Å². The largest absolute Gasteiger partial charge is 0.354 e. The van der Waals surface area contributed by atoms with Crippen LogP contribution in [0.5, 0.6) is 0 Å². The molecule has 0 aromatic carbocycles. The standard InChI is InChI=1S/C14H18N2O2S2/c1-14-6-4-12(17)16(14)11(9-20-14)13(18)15-7-5-10-3-2-8-19-10/h2-3,8,11H,4-7,9H2,1H3,(H,15,18). The number of carbonyl (C=O) groups is 2. The third-order valence-electron chi connectivity index (χ3n) is 4.00. The molecule has 20 heavy (non-hydrogen) atoms. The fourth-order valence-corrected chi connectivity index (χ4v) is 5.04. The van der Waals surface area contributed by atoms with E-state index in [-0.39, 0.29) is 22.7 Å². The molecule has 2 fully saturated rings. The number of rotatable bonds is 4. The highest BCUT2D eigenvalue weighted by Gasteiger charge is 2.52. The Bertz CT molecular complexity index is 517. The second kappa shape index (κ2) is 5.41. The summed E-state index contributed by atoms with van der Waals surface area (Å²) in [4.78, 5) is 27.2. The Morgan fingerprint density at radius 3 is 3.20 bits per heavy atom. The van der Waals surface area contributed by atoms with E-state index in [1.54, 1.807) is 28.0 Å². The average Bonchev–Trinajstić information content (AvgIpc) is 3.09. The van der Waals surface area contributed by atoms with Crippen molar-refractivity contribution >= 4 is 34.9 Å². The van der Waals surface area contributed by atoms with Gasteiger partial charge in [-0.25, -0.2) is 0 Å². The molecule has 1 N–H and O–H groups in total. The molecular formula is C14H18N2O2S2. The lowest BCUT2D eigenvalue weighted by atomic mass is 10.2. The molecule has 2 saturated heterocycles. The van der Waals surface area contributed by atoms with Crippen LogP contribution in [-0.2, 0) is 16.0 Å². The van der Waals surface area contributed by atoms with E-state index < -0.39 is 0 Å². The first-order valence-electron chi connectivity index (χ1n) is 6.86. The van der Waals surface area contributed by atoms with Gasteiger partial charge >= 0.3 is 0 Å². The summed E-state index contributed by atoms with van der Waals surface area (Å²) in [6, 6.07) is 3.80. The molecule has 0 radical (unpaired) electrons. The Morgan fingerprint density at radius 1 is 1.60 bits per heavy atom. The lowest BCUT2D eigenvalue weighted by Crippen LogP contribution is -2.50. The highest BCUT2D eigenvalue weighted by atomic mass is 32.2. The van der Waals surface area contributed by atoms with Crippen LogP contribution >= 0.6 is 23.1 Å². The second-order valence-corrected chi connectivity index (χ2v) is 7.92. The predicted octanol–water partition coefficient (Wildman–Crippen LogP) is 1.86. The van der Waals surface area contributed by atoms with Crippen LogP contribution in [0.1, 0.15) is 24.6 Å². The topological polar surface area (TPSA) is 49.4 Å². The number of fused-ring (bicyclic) bond motifs is 1. The van der Waals surface area contributed by atoms with E-state index in [1.165, 1.54) is 4.88 Å².